The van der Waals surface area contributed by atoms with E-state index in [0.29, 0.717) is 51.3 Å². The largest absolute Gasteiger partial charge is 0.497 e. The molecule has 0 bridgehead atoms. The van der Waals surface area contributed by atoms with Crippen LogP contribution in [-0.4, -0.2) is 41.6 Å². The van der Waals surface area contributed by atoms with Crippen molar-refractivity contribution >= 4 is 11.6 Å². The lowest BCUT2D eigenvalue weighted by atomic mass is 10.1. The number of carbonyl (C=O) groups is 1. The molecule has 2 aromatic carbocycles. The number of carbonyl (C=O) groups excluding carboxylic acids is 1. The van der Waals surface area contributed by atoms with Crippen molar-refractivity contribution in [2.45, 2.75) is 20.4 Å². The molecule has 1 amide bonds. The summed E-state index contributed by atoms with van der Waals surface area (Å²) < 4.78 is 28.1. The van der Waals surface area contributed by atoms with Crippen molar-refractivity contribution in [3.63, 3.8) is 0 Å². The van der Waals surface area contributed by atoms with E-state index in [1.165, 1.54) is 11.7 Å². The van der Waals surface area contributed by atoms with Gasteiger partial charge in [-0.3, -0.25) is 9.59 Å². The van der Waals surface area contributed by atoms with Gasteiger partial charge in [-0.15, -0.1) is 0 Å². The normalized spacial score (nSPS) is 11.9. The van der Waals surface area contributed by atoms with Gasteiger partial charge in [0.15, 0.2) is 11.5 Å². The second-order valence-corrected chi connectivity index (χ2v) is 8.34. The van der Waals surface area contributed by atoms with Crippen molar-refractivity contribution in [3.8, 4) is 45.8 Å². The zero-order valence-corrected chi connectivity index (χ0v) is 20.7. The quantitative estimate of drug-likeness (QED) is 0.402. The Morgan fingerprint density at radius 1 is 1.05 bits per heavy atom. The van der Waals surface area contributed by atoms with Crippen LogP contribution in [0.2, 0.25) is 0 Å². The summed E-state index contributed by atoms with van der Waals surface area (Å²) in [6, 6.07) is 12.1. The Morgan fingerprint density at radius 3 is 2.65 bits per heavy atom. The molecule has 1 aliphatic heterocycles. The van der Waals surface area contributed by atoms with E-state index in [1.54, 1.807) is 63.4 Å². The van der Waals surface area contributed by atoms with Crippen LogP contribution in [0.15, 0.2) is 51.8 Å². The van der Waals surface area contributed by atoms with Crippen molar-refractivity contribution in [1.82, 2.24) is 14.7 Å². The summed E-state index contributed by atoms with van der Waals surface area (Å²) in [5.74, 6) is 2.18. The molecule has 0 fully saturated rings. The maximum absolute atomic E-state index is 13.5. The van der Waals surface area contributed by atoms with Crippen LogP contribution in [0.3, 0.4) is 0 Å². The van der Waals surface area contributed by atoms with Crippen molar-refractivity contribution in [3.05, 3.63) is 64.1 Å². The fourth-order valence-electron chi connectivity index (χ4n) is 4.10. The Hall–Kier alpha value is -4.80. The van der Waals surface area contributed by atoms with Crippen LogP contribution >= 0.6 is 0 Å². The van der Waals surface area contributed by atoms with Crippen LogP contribution < -0.4 is 29.8 Å². The van der Waals surface area contributed by atoms with Crippen molar-refractivity contribution < 1.29 is 28.3 Å². The first-order valence-corrected chi connectivity index (χ1v) is 11.3. The van der Waals surface area contributed by atoms with Crippen LogP contribution in [0.25, 0.3) is 22.8 Å². The van der Waals surface area contributed by atoms with Gasteiger partial charge in [-0.25, -0.2) is 0 Å². The number of rotatable bonds is 7. The first-order chi connectivity index (χ1) is 17.9. The van der Waals surface area contributed by atoms with E-state index in [9.17, 15) is 9.59 Å². The van der Waals surface area contributed by atoms with Gasteiger partial charge < -0.3 is 33.4 Å². The van der Waals surface area contributed by atoms with Gasteiger partial charge in [0.1, 0.15) is 23.6 Å². The van der Waals surface area contributed by atoms with E-state index in [0.717, 1.165) is 0 Å². The Labute approximate surface area is 211 Å². The molecule has 0 spiro atoms. The lowest BCUT2D eigenvalue weighted by Gasteiger charge is -2.15. The molecule has 0 atom stereocenters. The van der Waals surface area contributed by atoms with Crippen LogP contribution in [0.4, 0.5) is 5.69 Å². The van der Waals surface area contributed by atoms with E-state index >= 15 is 0 Å². The molecule has 190 valence electrons. The highest BCUT2D eigenvalue weighted by Gasteiger charge is 2.22. The molecule has 11 nitrogen and oxygen atoms in total. The molecule has 1 N–H and O–H groups in total. The van der Waals surface area contributed by atoms with Gasteiger partial charge in [-0.1, -0.05) is 5.16 Å². The molecule has 0 unspecified atom stereocenters. The lowest BCUT2D eigenvalue weighted by Crippen LogP contribution is -2.30. The van der Waals surface area contributed by atoms with Gasteiger partial charge in [0.05, 0.1) is 19.9 Å². The number of amides is 1. The number of nitrogens with zero attached hydrogens (tertiary/aromatic N) is 3. The number of anilines is 1. The molecule has 2 aromatic heterocycles. The average Bonchev–Trinajstić information content (AvgIpc) is 3.56. The van der Waals surface area contributed by atoms with E-state index in [2.05, 4.69) is 15.5 Å². The lowest BCUT2D eigenvalue weighted by molar-refractivity contribution is -0.116. The number of hydrogen-bond donors (Lipinski definition) is 1. The van der Waals surface area contributed by atoms with Crippen LogP contribution in [0.1, 0.15) is 11.3 Å². The molecule has 0 radical (unpaired) electrons. The third-order valence-electron chi connectivity index (χ3n) is 5.96. The Kier molecular flexibility index (Phi) is 6.26. The molecule has 0 aliphatic carbocycles. The Balaban J connectivity index is 1.42. The second kappa shape index (κ2) is 9.69. The summed E-state index contributed by atoms with van der Waals surface area (Å²) in [6.45, 7) is 3.46. The zero-order chi connectivity index (χ0) is 26.1. The first-order valence-electron chi connectivity index (χ1n) is 11.3. The van der Waals surface area contributed by atoms with Gasteiger partial charge >= 0.3 is 0 Å². The molecule has 1 aliphatic rings. The smallest absolute Gasteiger partial charge is 0.264 e. The third-order valence-corrected chi connectivity index (χ3v) is 5.96. The van der Waals surface area contributed by atoms with E-state index in [1.807, 2.05) is 0 Å². The fraction of sp³-hybridized carbons (Fsp3) is 0.231. The van der Waals surface area contributed by atoms with E-state index in [4.69, 9.17) is 23.5 Å². The molecule has 11 heteroatoms. The number of pyridine rings is 1. The number of benzene rings is 2. The number of nitrogens with one attached hydrogen (secondary N) is 1. The van der Waals surface area contributed by atoms with E-state index in [-0.39, 0.29) is 24.8 Å². The van der Waals surface area contributed by atoms with Crippen LogP contribution in [0, 0.1) is 13.8 Å². The minimum Gasteiger partial charge on any atom is -0.497 e. The average molecular weight is 504 g/mol. The number of ether oxygens (including phenoxy) is 4. The molecule has 3 heterocycles. The molecule has 5 rings (SSSR count). The highest BCUT2D eigenvalue weighted by Crippen LogP contribution is 2.35. The molecule has 37 heavy (non-hydrogen) atoms. The van der Waals surface area contributed by atoms with Crippen molar-refractivity contribution in [1.29, 1.82) is 0 Å². The Morgan fingerprint density at radius 2 is 1.86 bits per heavy atom. The number of hydrogen-bond acceptors (Lipinski definition) is 9. The summed E-state index contributed by atoms with van der Waals surface area (Å²) in [7, 11) is 3.03. The topological polar surface area (TPSA) is 127 Å². The highest BCUT2D eigenvalue weighted by molar-refractivity contribution is 5.92. The minimum atomic E-state index is -0.421. The van der Waals surface area contributed by atoms with Gasteiger partial charge in [0, 0.05) is 17.3 Å². The molecule has 0 saturated carbocycles. The fourth-order valence-corrected chi connectivity index (χ4v) is 4.10. The summed E-state index contributed by atoms with van der Waals surface area (Å²) in [5, 5.41) is 6.82. The predicted octanol–water partition coefficient (Wildman–Crippen LogP) is 3.57. The SMILES string of the molecule is COc1ccc(NC(=O)Cn2c(C)cc(C)c(-c3nc(-c4ccc5c(c4)OCO5)no3)c2=O)c(OC)c1. The summed E-state index contributed by atoms with van der Waals surface area (Å²) >= 11 is 0. The highest BCUT2D eigenvalue weighted by atomic mass is 16.7. The molecular formula is C26H24N4O7. The summed E-state index contributed by atoms with van der Waals surface area (Å²) in [6.07, 6.45) is 0. The van der Waals surface area contributed by atoms with Crippen LogP contribution in [-0.2, 0) is 11.3 Å². The number of fused-ring (bicyclic) bond motifs is 1. The third kappa shape index (κ3) is 4.58. The van der Waals surface area contributed by atoms with Gasteiger partial charge in [-0.2, -0.15) is 4.98 Å². The monoisotopic (exact) mass is 504 g/mol. The molecular weight excluding hydrogens is 480 g/mol. The number of aryl methyl sites for hydroxylation is 2. The van der Waals surface area contributed by atoms with Crippen molar-refractivity contribution in [2.75, 3.05) is 26.3 Å². The first kappa shape index (κ1) is 23.9. The van der Waals surface area contributed by atoms with Crippen molar-refractivity contribution in [2.24, 2.45) is 0 Å². The van der Waals surface area contributed by atoms with Gasteiger partial charge in [0.25, 0.3) is 11.4 Å². The molecule has 4 aromatic rings. The predicted molar refractivity (Wildman–Crippen MR) is 133 cm³/mol. The number of aromatic nitrogens is 3. The van der Waals surface area contributed by atoms with E-state index < -0.39 is 11.5 Å². The summed E-state index contributed by atoms with van der Waals surface area (Å²) in [5.41, 5.74) is 2.17. The second-order valence-electron chi connectivity index (χ2n) is 8.34. The minimum absolute atomic E-state index is 0.0566. The summed E-state index contributed by atoms with van der Waals surface area (Å²) in [4.78, 5) is 30.8. The molecule has 0 saturated heterocycles. The maximum atomic E-state index is 13.5. The van der Waals surface area contributed by atoms with Crippen LogP contribution in [0.5, 0.6) is 23.0 Å². The van der Waals surface area contributed by atoms with Gasteiger partial charge in [0.2, 0.25) is 18.5 Å². The standard InChI is InChI=1S/C26H24N4O7/c1-14-9-15(2)30(12-22(31)27-18-7-6-17(33-3)11-20(18)34-4)26(32)23(14)25-28-24(29-37-25)16-5-8-19-21(10-16)36-13-35-19/h5-11H,12-13H2,1-4H3,(H,27,31). The van der Waals surface area contributed by atoms with Gasteiger partial charge in [-0.05, 0) is 55.8 Å². The maximum Gasteiger partial charge on any atom is 0.264 e. The Bertz CT molecular complexity index is 1560. The zero-order valence-electron chi connectivity index (χ0n) is 20.7. The number of methoxy groups -OCH3 is 2.